The molecular weight excluding hydrogens is 382 g/mol. The second kappa shape index (κ2) is 8.18. The van der Waals surface area contributed by atoms with Crippen molar-refractivity contribution in [3.63, 3.8) is 0 Å². The molecule has 0 saturated carbocycles. The highest BCUT2D eigenvalue weighted by Crippen LogP contribution is 2.39. The van der Waals surface area contributed by atoms with E-state index in [4.69, 9.17) is 4.74 Å². The van der Waals surface area contributed by atoms with Gasteiger partial charge in [0.15, 0.2) is 0 Å². The predicted molar refractivity (Wildman–Crippen MR) is 112 cm³/mol. The van der Waals surface area contributed by atoms with Crippen LogP contribution in [0.3, 0.4) is 0 Å². The Kier molecular flexibility index (Phi) is 5.44. The van der Waals surface area contributed by atoms with Gasteiger partial charge in [0.2, 0.25) is 5.91 Å². The topological polar surface area (TPSA) is 87.7 Å². The van der Waals surface area contributed by atoms with E-state index in [0.717, 1.165) is 35.3 Å². The van der Waals surface area contributed by atoms with Gasteiger partial charge in [-0.1, -0.05) is 43.3 Å². The number of nitrogens with one attached hydrogen (secondary N) is 2. The van der Waals surface area contributed by atoms with Crippen molar-refractivity contribution in [1.82, 2.24) is 10.2 Å². The minimum absolute atomic E-state index is 0.351. The number of carbonyl (C=O) groups is 3. The van der Waals surface area contributed by atoms with Gasteiger partial charge in [-0.25, -0.2) is 4.79 Å². The predicted octanol–water partition coefficient (Wildman–Crippen LogP) is 3.20. The van der Waals surface area contributed by atoms with Gasteiger partial charge in [-0.05, 0) is 48.9 Å². The normalized spacial score (nSPS) is 20.1. The lowest BCUT2D eigenvalue weighted by atomic mass is 9.76. The van der Waals surface area contributed by atoms with E-state index >= 15 is 0 Å². The molecule has 2 N–H and O–H groups in total. The number of fused-ring (bicyclic) bond motifs is 2. The van der Waals surface area contributed by atoms with Crippen molar-refractivity contribution in [3.05, 3.63) is 59.7 Å². The first-order valence-electron chi connectivity index (χ1n) is 10.3. The highest BCUT2D eigenvalue weighted by molar-refractivity contribution is 6.10. The molecule has 30 heavy (non-hydrogen) atoms. The summed E-state index contributed by atoms with van der Waals surface area (Å²) in [7, 11) is 0. The average molecular weight is 407 g/mol. The van der Waals surface area contributed by atoms with Crippen molar-refractivity contribution in [3.8, 4) is 5.75 Å². The summed E-state index contributed by atoms with van der Waals surface area (Å²) in [5.74, 6) is -0.264. The fourth-order valence-electron chi connectivity index (χ4n) is 4.20. The average Bonchev–Trinajstić information content (AvgIpc) is 2.98. The van der Waals surface area contributed by atoms with E-state index in [2.05, 4.69) is 10.6 Å². The molecule has 156 valence electrons. The zero-order valence-electron chi connectivity index (χ0n) is 16.9. The van der Waals surface area contributed by atoms with Crippen LogP contribution in [0.4, 0.5) is 10.5 Å². The second-order valence-corrected chi connectivity index (χ2v) is 7.63. The summed E-state index contributed by atoms with van der Waals surface area (Å²) in [6, 6.07) is 14.2. The first kappa shape index (κ1) is 19.9. The van der Waals surface area contributed by atoms with Crippen LogP contribution in [-0.4, -0.2) is 35.9 Å². The molecule has 0 bridgehead atoms. The van der Waals surface area contributed by atoms with Crippen molar-refractivity contribution < 1.29 is 19.1 Å². The largest absolute Gasteiger partial charge is 0.491 e. The molecule has 2 aliphatic rings. The number of hydrogen-bond acceptors (Lipinski definition) is 4. The van der Waals surface area contributed by atoms with Gasteiger partial charge in [-0.3, -0.25) is 14.5 Å². The minimum Gasteiger partial charge on any atom is -0.491 e. The summed E-state index contributed by atoms with van der Waals surface area (Å²) in [6.45, 7) is 2.18. The third kappa shape index (κ3) is 3.51. The zero-order chi connectivity index (χ0) is 21.1. The Labute approximate surface area is 175 Å². The number of rotatable bonds is 6. The van der Waals surface area contributed by atoms with Gasteiger partial charge in [0.05, 0.1) is 12.3 Å². The van der Waals surface area contributed by atoms with Crippen LogP contribution in [0.2, 0.25) is 0 Å². The molecule has 1 heterocycles. The van der Waals surface area contributed by atoms with E-state index < -0.39 is 17.5 Å². The van der Waals surface area contributed by atoms with Crippen molar-refractivity contribution in [2.24, 2.45) is 0 Å². The maximum Gasteiger partial charge on any atom is 0.325 e. The first-order chi connectivity index (χ1) is 14.5. The first-order valence-corrected chi connectivity index (χ1v) is 10.3. The van der Waals surface area contributed by atoms with Gasteiger partial charge in [-0.15, -0.1) is 0 Å². The Morgan fingerprint density at radius 1 is 1.17 bits per heavy atom. The molecule has 1 fully saturated rings. The Balaban J connectivity index is 1.51. The Morgan fingerprint density at radius 2 is 1.93 bits per heavy atom. The maximum atomic E-state index is 13.3. The number of nitrogens with zero attached hydrogens (tertiary/aromatic N) is 1. The summed E-state index contributed by atoms with van der Waals surface area (Å²) >= 11 is 0. The molecule has 1 unspecified atom stereocenters. The Hall–Kier alpha value is -3.35. The molecule has 4 rings (SSSR count). The van der Waals surface area contributed by atoms with Crippen LogP contribution in [0.15, 0.2) is 48.5 Å². The number of amides is 4. The molecule has 4 amide bonds. The molecule has 2 aromatic carbocycles. The highest BCUT2D eigenvalue weighted by Gasteiger charge is 2.54. The molecule has 7 heteroatoms. The lowest BCUT2D eigenvalue weighted by molar-refractivity contribution is -0.134. The smallest absolute Gasteiger partial charge is 0.325 e. The van der Waals surface area contributed by atoms with E-state index in [1.54, 1.807) is 18.2 Å². The summed E-state index contributed by atoms with van der Waals surface area (Å²) in [6.07, 6.45) is 3.04. The maximum absolute atomic E-state index is 13.3. The van der Waals surface area contributed by atoms with E-state index in [1.807, 2.05) is 37.3 Å². The van der Waals surface area contributed by atoms with Gasteiger partial charge < -0.3 is 15.4 Å². The molecule has 1 aliphatic heterocycles. The number of ether oxygens (including phenoxy) is 1. The zero-order valence-corrected chi connectivity index (χ0v) is 16.9. The van der Waals surface area contributed by atoms with Gasteiger partial charge in [-0.2, -0.15) is 0 Å². The fourth-order valence-corrected chi connectivity index (χ4v) is 4.20. The van der Waals surface area contributed by atoms with Crippen molar-refractivity contribution in [2.45, 2.75) is 38.1 Å². The minimum atomic E-state index is -1.08. The quantitative estimate of drug-likeness (QED) is 0.720. The van der Waals surface area contributed by atoms with Crippen LogP contribution in [0, 0.1) is 0 Å². The summed E-state index contributed by atoms with van der Waals surface area (Å²) in [5.41, 5.74) is 1.33. The highest BCUT2D eigenvalue weighted by atomic mass is 16.5. The van der Waals surface area contributed by atoms with E-state index in [-0.39, 0.29) is 12.5 Å². The summed E-state index contributed by atoms with van der Waals surface area (Å²) < 4.78 is 5.65. The van der Waals surface area contributed by atoms with Gasteiger partial charge >= 0.3 is 6.03 Å². The molecule has 0 radical (unpaired) electrons. The van der Waals surface area contributed by atoms with Crippen LogP contribution >= 0.6 is 0 Å². The van der Waals surface area contributed by atoms with E-state index in [1.165, 1.54) is 0 Å². The molecule has 0 aromatic heterocycles. The number of carbonyl (C=O) groups excluding carboxylic acids is 3. The number of anilines is 1. The van der Waals surface area contributed by atoms with Crippen LogP contribution in [-0.2, 0) is 21.5 Å². The Bertz CT molecular complexity index is 990. The van der Waals surface area contributed by atoms with Crippen LogP contribution in [0.1, 0.15) is 37.3 Å². The fraction of sp³-hybridized carbons (Fsp3) is 0.348. The van der Waals surface area contributed by atoms with Crippen molar-refractivity contribution in [2.75, 3.05) is 18.5 Å². The third-order valence-corrected chi connectivity index (χ3v) is 5.58. The standard InChI is InChI=1S/C23H25N3O4/c1-2-14-30-19-12-6-5-11-18(19)24-20(27)15-26-21(28)23(25-22(26)29)13-7-9-16-8-3-4-10-17(16)23/h3-6,8,10-12H,2,7,9,13-15H2,1H3,(H,24,27)(H,25,29). The van der Waals surface area contributed by atoms with E-state index in [0.29, 0.717) is 24.5 Å². The van der Waals surface area contributed by atoms with Gasteiger partial charge in [0.1, 0.15) is 17.8 Å². The number of hydrogen-bond donors (Lipinski definition) is 2. The van der Waals surface area contributed by atoms with Crippen molar-refractivity contribution in [1.29, 1.82) is 0 Å². The molecule has 7 nitrogen and oxygen atoms in total. The van der Waals surface area contributed by atoms with Crippen LogP contribution in [0.5, 0.6) is 5.75 Å². The molecule has 1 aliphatic carbocycles. The number of imide groups is 1. The van der Waals surface area contributed by atoms with Crippen molar-refractivity contribution >= 4 is 23.5 Å². The molecule has 1 saturated heterocycles. The third-order valence-electron chi connectivity index (χ3n) is 5.58. The molecule has 1 spiro atoms. The van der Waals surface area contributed by atoms with Gasteiger partial charge in [0.25, 0.3) is 5.91 Å². The number of benzene rings is 2. The Morgan fingerprint density at radius 3 is 2.77 bits per heavy atom. The second-order valence-electron chi connectivity index (χ2n) is 7.63. The number of aryl methyl sites for hydroxylation is 1. The van der Waals surface area contributed by atoms with E-state index in [9.17, 15) is 14.4 Å². The monoisotopic (exact) mass is 407 g/mol. The lowest BCUT2D eigenvalue weighted by Crippen LogP contribution is -2.47. The number of para-hydroxylation sites is 2. The van der Waals surface area contributed by atoms with Gasteiger partial charge in [0, 0.05) is 0 Å². The molecule has 1 atom stereocenters. The van der Waals surface area contributed by atoms with Crippen LogP contribution in [0.25, 0.3) is 0 Å². The molecule has 2 aromatic rings. The SMILES string of the molecule is CCCOc1ccccc1NC(=O)CN1C(=O)NC2(CCCc3ccccc32)C1=O. The summed E-state index contributed by atoms with van der Waals surface area (Å²) in [4.78, 5) is 39.6. The molecular formula is C23H25N3O4. The number of urea groups is 1. The lowest BCUT2D eigenvalue weighted by Gasteiger charge is -2.33. The van der Waals surface area contributed by atoms with Crippen LogP contribution < -0.4 is 15.4 Å². The summed E-state index contributed by atoms with van der Waals surface area (Å²) in [5, 5.41) is 5.63.